The Morgan fingerprint density at radius 2 is 1.73 bits per heavy atom. The molecule has 3 aromatic rings. The summed E-state index contributed by atoms with van der Waals surface area (Å²) in [5.74, 6) is -0.419. The first-order chi connectivity index (χ1) is 17.8. The molecule has 2 aromatic carbocycles. The molecule has 0 saturated carbocycles. The summed E-state index contributed by atoms with van der Waals surface area (Å²) in [6.07, 6.45) is -4.06. The van der Waals surface area contributed by atoms with Gasteiger partial charge in [0.05, 0.1) is 23.9 Å². The van der Waals surface area contributed by atoms with E-state index in [4.69, 9.17) is 16.3 Å². The third kappa shape index (κ3) is 6.02. The number of amides is 2. The fraction of sp³-hybridized carbons (Fsp3) is 0.385. The summed E-state index contributed by atoms with van der Waals surface area (Å²) in [6.45, 7) is 2.98. The van der Waals surface area contributed by atoms with Gasteiger partial charge in [-0.05, 0) is 36.2 Å². The third-order valence-corrected chi connectivity index (χ3v) is 7.10. The van der Waals surface area contributed by atoms with E-state index in [1.165, 1.54) is 12.1 Å². The number of morpholine rings is 1. The van der Waals surface area contributed by atoms with Crippen LogP contribution in [0.1, 0.15) is 29.5 Å². The van der Waals surface area contributed by atoms with Crippen molar-refractivity contribution in [1.29, 1.82) is 0 Å². The molecule has 7 nitrogen and oxygen atoms in total. The molecule has 5 rings (SSSR count). The lowest BCUT2D eigenvalue weighted by Gasteiger charge is -2.41. The minimum atomic E-state index is -4.75. The van der Waals surface area contributed by atoms with Crippen molar-refractivity contribution in [1.82, 2.24) is 20.0 Å². The molecule has 0 aliphatic carbocycles. The van der Waals surface area contributed by atoms with Gasteiger partial charge in [-0.1, -0.05) is 41.9 Å². The van der Waals surface area contributed by atoms with Gasteiger partial charge in [-0.25, -0.2) is 4.79 Å². The predicted octanol–water partition coefficient (Wildman–Crippen LogP) is 5.65. The van der Waals surface area contributed by atoms with Crippen molar-refractivity contribution >= 4 is 17.6 Å². The molecule has 1 N–H and O–H groups in total. The zero-order chi connectivity index (χ0) is 26.0. The average Bonchev–Trinajstić information content (AvgIpc) is 3.38. The number of carbonyl (C=O) groups excluding carboxylic acids is 1. The fourth-order valence-electron chi connectivity index (χ4n) is 4.97. The Bertz CT molecular complexity index is 1230. The molecule has 1 aromatic heterocycles. The summed E-state index contributed by atoms with van der Waals surface area (Å²) in [5.41, 5.74) is 3.23. The van der Waals surface area contributed by atoms with Crippen LogP contribution in [-0.2, 0) is 4.74 Å². The standard InChI is InChI=1S/C26H26ClF3N4O3/c27-22-4-2-1-3-21(22)24-14-23(31-32-24)19-13-18(17-5-7-20(8-6-17)37-26(28,29)30)15-34(16-19)25(35)33-9-11-36-12-10-33/h1-8,14,18-19H,9-13,15-16H2,(H,31,32). The number of hydrogen-bond donors (Lipinski definition) is 1. The van der Waals surface area contributed by atoms with Gasteiger partial charge in [0.1, 0.15) is 5.75 Å². The van der Waals surface area contributed by atoms with Crippen molar-refractivity contribution in [2.75, 3.05) is 39.4 Å². The first-order valence-corrected chi connectivity index (χ1v) is 12.4. The minimum absolute atomic E-state index is 0.0569. The van der Waals surface area contributed by atoms with E-state index in [0.29, 0.717) is 56.5 Å². The highest BCUT2D eigenvalue weighted by molar-refractivity contribution is 6.33. The molecule has 2 saturated heterocycles. The monoisotopic (exact) mass is 534 g/mol. The second kappa shape index (κ2) is 10.6. The molecule has 2 unspecified atom stereocenters. The fourth-order valence-corrected chi connectivity index (χ4v) is 5.20. The van der Waals surface area contributed by atoms with Gasteiger partial charge in [0.2, 0.25) is 0 Å². The zero-order valence-electron chi connectivity index (χ0n) is 19.9. The van der Waals surface area contributed by atoms with Gasteiger partial charge in [0, 0.05) is 49.3 Å². The normalized spacial score (nSPS) is 20.6. The number of alkyl halides is 3. The molecular formula is C26H26ClF3N4O3. The second-order valence-corrected chi connectivity index (χ2v) is 9.63. The highest BCUT2D eigenvalue weighted by Crippen LogP contribution is 2.38. The van der Waals surface area contributed by atoms with E-state index < -0.39 is 6.36 Å². The Morgan fingerprint density at radius 3 is 2.43 bits per heavy atom. The molecule has 2 aliphatic rings. The van der Waals surface area contributed by atoms with E-state index >= 15 is 0 Å². The van der Waals surface area contributed by atoms with Crippen LogP contribution in [0.5, 0.6) is 5.75 Å². The van der Waals surface area contributed by atoms with Crippen LogP contribution in [0.4, 0.5) is 18.0 Å². The Hall–Kier alpha value is -3.24. The second-order valence-electron chi connectivity index (χ2n) is 9.22. The molecule has 3 heterocycles. The molecule has 0 bridgehead atoms. The number of nitrogens with zero attached hydrogens (tertiary/aromatic N) is 3. The average molecular weight is 535 g/mol. The molecular weight excluding hydrogens is 509 g/mol. The summed E-state index contributed by atoms with van der Waals surface area (Å²) in [7, 11) is 0. The van der Waals surface area contributed by atoms with E-state index in [-0.39, 0.29) is 23.6 Å². The number of rotatable bonds is 4. The Kier molecular flexibility index (Phi) is 7.30. The van der Waals surface area contributed by atoms with Gasteiger partial charge < -0.3 is 19.3 Å². The molecule has 11 heteroatoms. The lowest BCUT2D eigenvalue weighted by atomic mass is 9.83. The Labute approximate surface area is 217 Å². The van der Waals surface area contributed by atoms with Crippen LogP contribution in [0.3, 0.4) is 0 Å². The number of benzene rings is 2. The number of urea groups is 1. The number of carbonyl (C=O) groups is 1. The highest BCUT2D eigenvalue weighted by Gasteiger charge is 2.35. The summed E-state index contributed by atoms with van der Waals surface area (Å²) in [6, 6.07) is 15.2. The quantitative estimate of drug-likeness (QED) is 0.469. The number of nitrogens with one attached hydrogen (secondary N) is 1. The molecule has 196 valence electrons. The summed E-state index contributed by atoms with van der Waals surface area (Å²) < 4.78 is 47.2. The smallest absolute Gasteiger partial charge is 0.406 e. The van der Waals surface area contributed by atoms with E-state index in [1.54, 1.807) is 23.1 Å². The van der Waals surface area contributed by atoms with Crippen LogP contribution in [0.15, 0.2) is 54.6 Å². The maximum atomic E-state index is 13.4. The molecule has 0 spiro atoms. The van der Waals surface area contributed by atoms with Crippen molar-refractivity contribution in [3.05, 3.63) is 70.9 Å². The zero-order valence-corrected chi connectivity index (χ0v) is 20.6. The van der Waals surface area contributed by atoms with Gasteiger partial charge in [-0.3, -0.25) is 5.10 Å². The topological polar surface area (TPSA) is 70.7 Å². The van der Waals surface area contributed by atoms with Gasteiger partial charge in [0.15, 0.2) is 0 Å². The third-order valence-electron chi connectivity index (χ3n) is 6.78. The number of piperidine rings is 1. The lowest BCUT2D eigenvalue weighted by Crippen LogP contribution is -2.52. The maximum Gasteiger partial charge on any atom is 0.573 e. The maximum absolute atomic E-state index is 13.4. The largest absolute Gasteiger partial charge is 0.573 e. The lowest BCUT2D eigenvalue weighted by molar-refractivity contribution is -0.274. The molecule has 37 heavy (non-hydrogen) atoms. The van der Waals surface area contributed by atoms with Crippen LogP contribution >= 0.6 is 11.6 Å². The van der Waals surface area contributed by atoms with Crippen molar-refractivity contribution < 1.29 is 27.4 Å². The van der Waals surface area contributed by atoms with Crippen LogP contribution in [0.2, 0.25) is 5.02 Å². The van der Waals surface area contributed by atoms with Crippen molar-refractivity contribution in [3.8, 4) is 17.0 Å². The number of ether oxygens (including phenoxy) is 2. The molecule has 2 atom stereocenters. The number of halogens is 4. The highest BCUT2D eigenvalue weighted by atomic mass is 35.5. The van der Waals surface area contributed by atoms with Crippen molar-refractivity contribution in [2.45, 2.75) is 24.6 Å². The number of hydrogen-bond acceptors (Lipinski definition) is 4. The van der Waals surface area contributed by atoms with Crippen LogP contribution in [-0.4, -0.2) is 71.8 Å². The number of H-pyrrole nitrogens is 1. The molecule has 0 radical (unpaired) electrons. The summed E-state index contributed by atoms with van der Waals surface area (Å²) in [4.78, 5) is 17.0. The number of likely N-dealkylation sites (tertiary alicyclic amines) is 1. The first-order valence-electron chi connectivity index (χ1n) is 12.0. The number of aromatic amines is 1. The van der Waals surface area contributed by atoms with Gasteiger partial charge in [-0.2, -0.15) is 5.10 Å². The van der Waals surface area contributed by atoms with Crippen molar-refractivity contribution in [3.63, 3.8) is 0 Å². The molecule has 2 amide bonds. The van der Waals surface area contributed by atoms with Crippen LogP contribution in [0, 0.1) is 0 Å². The van der Waals surface area contributed by atoms with Gasteiger partial charge in [0.25, 0.3) is 0 Å². The summed E-state index contributed by atoms with van der Waals surface area (Å²) in [5, 5.41) is 8.17. The van der Waals surface area contributed by atoms with E-state index in [9.17, 15) is 18.0 Å². The predicted molar refractivity (Wildman–Crippen MR) is 132 cm³/mol. The van der Waals surface area contributed by atoms with Crippen LogP contribution in [0.25, 0.3) is 11.3 Å². The number of aromatic nitrogens is 2. The van der Waals surface area contributed by atoms with Crippen molar-refractivity contribution in [2.24, 2.45) is 0 Å². The van der Waals surface area contributed by atoms with E-state index in [1.807, 2.05) is 29.2 Å². The Balaban J connectivity index is 1.40. The summed E-state index contributed by atoms with van der Waals surface area (Å²) >= 11 is 6.36. The first kappa shape index (κ1) is 25.4. The Morgan fingerprint density at radius 1 is 1.03 bits per heavy atom. The molecule has 2 fully saturated rings. The molecule has 2 aliphatic heterocycles. The SMILES string of the molecule is O=C(N1CCOCC1)N1CC(c2ccc(OC(F)(F)F)cc2)CC(c2cc(-c3ccccc3Cl)n[nH]2)C1. The van der Waals surface area contributed by atoms with Gasteiger partial charge in [-0.15, -0.1) is 13.2 Å². The van der Waals surface area contributed by atoms with Gasteiger partial charge >= 0.3 is 12.4 Å². The van der Waals surface area contributed by atoms with E-state index in [2.05, 4.69) is 14.9 Å². The van der Waals surface area contributed by atoms with Crippen LogP contribution < -0.4 is 4.74 Å². The minimum Gasteiger partial charge on any atom is -0.406 e. The van der Waals surface area contributed by atoms with E-state index in [0.717, 1.165) is 16.8 Å².